The first-order valence-electron chi connectivity index (χ1n) is 14.4. The van der Waals surface area contributed by atoms with Crippen LogP contribution in [0.15, 0.2) is 107 Å². The third-order valence-corrected chi connectivity index (χ3v) is 7.77. The summed E-state index contributed by atoms with van der Waals surface area (Å²) in [5.74, 6) is -1.65. The molecule has 246 valence electrons. The predicted octanol–water partition coefficient (Wildman–Crippen LogP) is 8.21. The van der Waals surface area contributed by atoms with Crippen LogP contribution in [0.4, 0.5) is 34.1 Å². The molecule has 0 heterocycles. The van der Waals surface area contributed by atoms with Crippen LogP contribution >= 0.6 is 0 Å². The van der Waals surface area contributed by atoms with Crippen LogP contribution in [0.3, 0.4) is 0 Å². The van der Waals surface area contributed by atoms with E-state index in [2.05, 4.69) is 9.98 Å². The van der Waals surface area contributed by atoms with Crippen molar-refractivity contribution in [1.82, 2.24) is 0 Å². The lowest BCUT2D eigenvalue weighted by molar-refractivity contribution is -0.395. The van der Waals surface area contributed by atoms with Gasteiger partial charge >= 0.3 is 11.4 Å². The SMILES string of the molecule is O=[N+]([O-])c1cc(C=Nc2ccc3ccccc3c2-c2c(N=Cc3cc([N+](=O)[O-])cc([N+](=O)[O-])c3O)ccc3ccccc23)c(O)c([N+](=O)[O-])c1. The van der Waals surface area contributed by atoms with Gasteiger partial charge in [-0.05, 0) is 33.7 Å². The molecule has 0 aliphatic carbocycles. The van der Waals surface area contributed by atoms with Crippen molar-refractivity contribution in [1.29, 1.82) is 0 Å². The molecule has 0 unspecified atom stereocenters. The van der Waals surface area contributed by atoms with Gasteiger partial charge in [0.15, 0.2) is 0 Å². The molecule has 16 heteroatoms. The standard InChI is InChI=1S/C34H20N6O10/c41-33-21(13-23(37(43)44)15-29(33)39(47)48)17-35-27-11-9-19-5-1-3-7-25(19)31(27)32-26-8-4-2-6-20(26)10-12-28(32)36-18-22-14-24(38(45)46)16-30(34(22)42)40(49)50/h1-18,41-42H. The highest BCUT2D eigenvalue weighted by atomic mass is 16.6. The number of rotatable bonds is 9. The molecule has 0 amide bonds. The van der Waals surface area contributed by atoms with Gasteiger partial charge in [0.2, 0.25) is 11.5 Å². The number of aromatic hydroxyl groups is 2. The predicted molar refractivity (Wildman–Crippen MR) is 184 cm³/mol. The quantitative estimate of drug-likeness (QED) is 0.0847. The minimum absolute atomic E-state index is 0.263. The van der Waals surface area contributed by atoms with Crippen LogP contribution in [-0.4, -0.2) is 42.3 Å². The molecule has 0 atom stereocenters. The molecule has 2 N–H and O–H groups in total. The molecule has 0 spiro atoms. The Morgan fingerprint density at radius 1 is 0.500 bits per heavy atom. The third-order valence-electron chi connectivity index (χ3n) is 7.77. The second-order valence-corrected chi connectivity index (χ2v) is 10.7. The number of nitro groups is 4. The number of nitro benzene ring substituents is 4. The van der Waals surface area contributed by atoms with Gasteiger partial charge in [0.05, 0.1) is 43.2 Å². The number of phenols is 2. The molecule has 6 aromatic rings. The monoisotopic (exact) mass is 672 g/mol. The van der Waals surface area contributed by atoms with Crippen LogP contribution in [0.2, 0.25) is 0 Å². The van der Waals surface area contributed by atoms with E-state index >= 15 is 0 Å². The van der Waals surface area contributed by atoms with E-state index in [0.29, 0.717) is 34.0 Å². The molecule has 16 nitrogen and oxygen atoms in total. The Morgan fingerprint density at radius 3 is 1.24 bits per heavy atom. The van der Waals surface area contributed by atoms with Crippen molar-refractivity contribution in [3.05, 3.63) is 149 Å². The normalized spacial score (nSPS) is 11.4. The molecule has 50 heavy (non-hydrogen) atoms. The average molecular weight is 673 g/mol. The fourth-order valence-electron chi connectivity index (χ4n) is 5.48. The lowest BCUT2D eigenvalue weighted by Crippen LogP contribution is -1.97. The maximum Gasteiger partial charge on any atom is 0.318 e. The van der Waals surface area contributed by atoms with Gasteiger partial charge in [-0.25, -0.2) is 0 Å². The summed E-state index contributed by atoms with van der Waals surface area (Å²) in [5, 5.41) is 70.2. The number of aliphatic imine (C=N–C) groups is 2. The van der Waals surface area contributed by atoms with Gasteiger partial charge in [-0.15, -0.1) is 0 Å². The number of nitrogens with zero attached hydrogens (tertiary/aromatic N) is 6. The van der Waals surface area contributed by atoms with E-state index in [9.17, 15) is 50.7 Å². The first kappa shape index (κ1) is 32.3. The minimum atomic E-state index is -0.949. The summed E-state index contributed by atoms with van der Waals surface area (Å²) in [7, 11) is 0. The van der Waals surface area contributed by atoms with Gasteiger partial charge in [-0.3, -0.25) is 50.4 Å². The molecular weight excluding hydrogens is 652 g/mol. The zero-order chi connectivity index (χ0) is 35.7. The lowest BCUT2D eigenvalue weighted by Gasteiger charge is -2.16. The Bertz CT molecular complexity index is 2320. The van der Waals surface area contributed by atoms with Gasteiger partial charge < -0.3 is 10.2 Å². The summed E-state index contributed by atoms with van der Waals surface area (Å²) in [4.78, 5) is 51.6. The van der Waals surface area contributed by atoms with Gasteiger partial charge in [0.25, 0.3) is 11.4 Å². The summed E-state index contributed by atoms with van der Waals surface area (Å²) in [6.45, 7) is 0. The van der Waals surface area contributed by atoms with E-state index in [4.69, 9.17) is 0 Å². The van der Waals surface area contributed by atoms with Crippen molar-refractivity contribution in [3.63, 3.8) is 0 Å². The largest absolute Gasteiger partial charge is 0.502 e. The molecule has 0 saturated heterocycles. The van der Waals surface area contributed by atoms with Crippen LogP contribution in [-0.2, 0) is 0 Å². The first-order chi connectivity index (χ1) is 23.9. The van der Waals surface area contributed by atoms with Crippen molar-refractivity contribution in [2.45, 2.75) is 0 Å². The van der Waals surface area contributed by atoms with E-state index in [-0.39, 0.29) is 22.5 Å². The molecule has 0 aliphatic heterocycles. The molecule has 0 aromatic heterocycles. The van der Waals surface area contributed by atoms with Crippen LogP contribution in [0.25, 0.3) is 32.7 Å². The maximum absolute atomic E-state index is 11.5. The summed E-state index contributed by atoms with van der Waals surface area (Å²) in [6, 6.07) is 24.5. The fourth-order valence-corrected chi connectivity index (χ4v) is 5.48. The van der Waals surface area contributed by atoms with Gasteiger partial charge in [-0.2, -0.15) is 0 Å². The number of phenolic OH excluding ortho intramolecular Hbond substituents is 2. The smallest absolute Gasteiger partial charge is 0.318 e. The first-order valence-corrected chi connectivity index (χ1v) is 14.4. The Balaban J connectivity index is 1.62. The van der Waals surface area contributed by atoms with E-state index in [1.807, 2.05) is 36.4 Å². The zero-order valence-electron chi connectivity index (χ0n) is 25.2. The van der Waals surface area contributed by atoms with Gasteiger partial charge in [0.1, 0.15) is 0 Å². The minimum Gasteiger partial charge on any atom is -0.502 e. The molecule has 0 bridgehead atoms. The third kappa shape index (κ3) is 5.97. The highest BCUT2D eigenvalue weighted by Crippen LogP contribution is 2.46. The van der Waals surface area contributed by atoms with Gasteiger partial charge in [-0.1, -0.05) is 60.7 Å². The van der Waals surface area contributed by atoms with E-state index in [1.54, 1.807) is 36.4 Å². The molecule has 0 aliphatic rings. The zero-order valence-corrected chi connectivity index (χ0v) is 25.2. The number of non-ortho nitro benzene ring substituents is 2. The summed E-state index contributed by atoms with van der Waals surface area (Å²) in [5.41, 5.74) is -2.11. The van der Waals surface area contributed by atoms with Crippen molar-refractivity contribution in [2.75, 3.05) is 0 Å². The number of benzene rings is 6. The average Bonchev–Trinajstić information content (AvgIpc) is 3.09. The van der Waals surface area contributed by atoms with E-state index in [0.717, 1.165) is 35.3 Å². The summed E-state index contributed by atoms with van der Waals surface area (Å²) >= 11 is 0. The Morgan fingerprint density at radius 2 is 0.880 bits per heavy atom. The topological polar surface area (TPSA) is 238 Å². The van der Waals surface area contributed by atoms with Crippen LogP contribution in [0, 0.1) is 40.5 Å². The molecule has 0 saturated carbocycles. The van der Waals surface area contributed by atoms with Crippen LogP contribution in [0.5, 0.6) is 11.5 Å². The molecule has 0 radical (unpaired) electrons. The highest BCUT2D eigenvalue weighted by molar-refractivity contribution is 6.13. The number of hydrogen-bond donors (Lipinski definition) is 2. The van der Waals surface area contributed by atoms with E-state index < -0.39 is 53.9 Å². The fraction of sp³-hybridized carbons (Fsp3) is 0. The van der Waals surface area contributed by atoms with E-state index in [1.165, 1.54) is 0 Å². The lowest BCUT2D eigenvalue weighted by atomic mass is 9.91. The van der Waals surface area contributed by atoms with Crippen LogP contribution < -0.4 is 0 Å². The molecular formula is C34H20N6O10. The number of hydrogen-bond acceptors (Lipinski definition) is 12. The second kappa shape index (κ2) is 12.9. The van der Waals surface area contributed by atoms with Gasteiger partial charge in [0, 0.05) is 46.8 Å². The highest BCUT2D eigenvalue weighted by Gasteiger charge is 2.25. The van der Waals surface area contributed by atoms with Crippen molar-refractivity contribution in [2.24, 2.45) is 9.98 Å². The van der Waals surface area contributed by atoms with Crippen molar-refractivity contribution in [3.8, 4) is 22.6 Å². The summed E-state index contributed by atoms with van der Waals surface area (Å²) < 4.78 is 0. The Kier molecular flexibility index (Phi) is 8.33. The Hall–Kier alpha value is -7.62. The molecule has 6 rings (SSSR count). The molecule has 0 fully saturated rings. The second-order valence-electron chi connectivity index (χ2n) is 10.7. The van der Waals surface area contributed by atoms with Crippen molar-refractivity contribution < 1.29 is 29.9 Å². The van der Waals surface area contributed by atoms with Crippen LogP contribution in [0.1, 0.15) is 11.1 Å². The van der Waals surface area contributed by atoms with Crippen molar-refractivity contribution >= 4 is 68.1 Å². The Labute approximate surface area is 279 Å². The maximum atomic E-state index is 11.5. The molecule has 6 aromatic carbocycles. The summed E-state index contributed by atoms with van der Waals surface area (Å²) in [6.07, 6.45) is 2.13. The number of fused-ring (bicyclic) bond motifs is 2.